The standard InChI is InChI=1S/C14H13NO/c1-15(16)11-12-7-9-14(10-8-12)13-5-3-2-4-6-13/h2-11H,1H3. The Kier molecular flexibility index (Phi) is 3.01. The van der Waals surface area contributed by atoms with Crippen LogP contribution in [0.3, 0.4) is 0 Å². The SMILES string of the molecule is C[N+]([O-])=Cc1ccc(-c2ccccc2)cc1. The minimum atomic E-state index is 0.803. The summed E-state index contributed by atoms with van der Waals surface area (Å²) in [5.41, 5.74) is 3.26. The van der Waals surface area contributed by atoms with E-state index in [2.05, 4.69) is 12.1 Å². The molecular formula is C14H13NO. The molecule has 2 aromatic carbocycles. The molecule has 0 saturated heterocycles. The summed E-state index contributed by atoms with van der Waals surface area (Å²) in [6.07, 6.45) is 1.55. The van der Waals surface area contributed by atoms with E-state index in [-0.39, 0.29) is 0 Å². The van der Waals surface area contributed by atoms with Crippen LogP contribution in [0.15, 0.2) is 54.6 Å². The summed E-state index contributed by atoms with van der Waals surface area (Å²) in [4.78, 5) is 0. The highest BCUT2D eigenvalue weighted by molar-refractivity contribution is 5.77. The molecule has 0 N–H and O–H groups in total. The molecule has 0 aliphatic heterocycles. The summed E-state index contributed by atoms with van der Waals surface area (Å²) < 4.78 is 0.803. The van der Waals surface area contributed by atoms with Gasteiger partial charge in [0.25, 0.3) is 0 Å². The average molecular weight is 211 g/mol. The van der Waals surface area contributed by atoms with Gasteiger partial charge in [-0.05, 0) is 23.3 Å². The maximum absolute atomic E-state index is 10.8. The number of nitrogens with zero attached hydrogens (tertiary/aromatic N) is 1. The fourth-order valence-corrected chi connectivity index (χ4v) is 1.60. The van der Waals surface area contributed by atoms with E-state index in [1.807, 2.05) is 42.5 Å². The molecule has 2 nitrogen and oxygen atoms in total. The largest absolute Gasteiger partial charge is 0.624 e. The van der Waals surface area contributed by atoms with Crippen molar-refractivity contribution in [3.05, 3.63) is 65.4 Å². The van der Waals surface area contributed by atoms with E-state index >= 15 is 0 Å². The van der Waals surface area contributed by atoms with Crippen LogP contribution in [0, 0.1) is 5.21 Å². The fourth-order valence-electron chi connectivity index (χ4n) is 1.60. The second-order valence-electron chi connectivity index (χ2n) is 3.66. The van der Waals surface area contributed by atoms with Gasteiger partial charge in [-0.1, -0.05) is 42.5 Å². The summed E-state index contributed by atoms with van der Waals surface area (Å²) in [6, 6.07) is 18.1. The van der Waals surface area contributed by atoms with Crippen LogP contribution in [-0.4, -0.2) is 18.0 Å². The Balaban J connectivity index is 2.30. The van der Waals surface area contributed by atoms with Gasteiger partial charge in [-0.25, -0.2) is 4.74 Å². The normalized spacial score (nSPS) is 11.4. The lowest BCUT2D eigenvalue weighted by Crippen LogP contribution is -1.96. The number of hydroxylamine groups is 1. The molecule has 2 aromatic rings. The zero-order chi connectivity index (χ0) is 11.4. The lowest BCUT2D eigenvalue weighted by atomic mass is 10.0. The van der Waals surface area contributed by atoms with Crippen LogP contribution in [0.25, 0.3) is 11.1 Å². The van der Waals surface area contributed by atoms with Crippen LogP contribution >= 0.6 is 0 Å². The van der Waals surface area contributed by atoms with Crippen LogP contribution < -0.4 is 0 Å². The molecule has 16 heavy (non-hydrogen) atoms. The Bertz CT molecular complexity index is 482. The number of hydrogen-bond acceptors (Lipinski definition) is 1. The van der Waals surface area contributed by atoms with E-state index in [4.69, 9.17) is 0 Å². The Hall–Kier alpha value is -2.09. The second kappa shape index (κ2) is 4.62. The third-order valence-corrected chi connectivity index (χ3v) is 2.35. The zero-order valence-corrected chi connectivity index (χ0v) is 9.13. The molecule has 0 spiro atoms. The summed E-state index contributed by atoms with van der Waals surface area (Å²) >= 11 is 0. The molecule has 0 bridgehead atoms. The van der Waals surface area contributed by atoms with E-state index in [1.165, 1.54) is 12.6 Å². The molecule has 0 aliphatic rings. The van der Waals surface area contributed by atoms with Gasteiger partial charge in [-0.2, -0.15) is 0 Å². The van der Waals surface area contributed by atoms with Crippen LogP contribution in [-0.2, 0) is 0 Å². The molecule has 0 unspecified atom stereocenters. The van der Waals surface area contributed by atoms with Crippen LogP contribution in [0.5, 0.6) is 0 Å². The highest BCUT2D eigenvalue weighted by Crippen LogP contribution is 2.18. The smallest absolute Gasteiger partial charge is 0.181 e. The molecule has 0 aliphatic carbocycles. The van der Waals surface area contributed by atoms with Crippen molar-refractivity contribution in [1.82, 2.24) is 0 Å². The van der Waals surface area contributed by atoms with Crippen LogP contribution in [0.2, 0.25) is 0 Å². The Morgan fingerprint density at radius 1 is 0.875 bits per heavy atom. The van der Waals surface area contributed by atoms with Crippen molar-refractivity contribution in [1.29, 1.82) is 0 Å². The molecular weight excluding hydrogens is 198 g/mol. The van der Waals surface area contributed by atoms with Crippen molar-refractivity contribution in [2.24, 2.45) is 0 Å². The molecule has 0 aromatic heterocycles. The first-order chi connectivity index (χ1) is 7.75. The Morgan fingerprint density at radius 3 is 2.00 bits per heavy atom. The van der Waals surface area contributed by atoms with Gasteiger partial charge in [0.2, 0.25) is 0 Å². The minimum absolute atomic E-state index is 0.803. The van der Waals surface area contributed by atoms with Crippen molar-refractivity contribution in [3.63, 3.8) is 0 Å². The topological polar surface area (TPSA) is 26.1 Å². The Morgan fingerprint density at radius 2 is 1.44 bits per heavy atom. The van der Waals surface area contributed by atoms with Gasteiger partial charge in [0.15, 0.2) is 6.21 Å². The van der Waals surface area contributed by atoms with Gasteiger partial charge in [0.1, 0.15) is 7.05 Å². The summed E-state index contributed by atoms with van der Waals surface area (Å²) in [5, 5.41) is 10.8. The quantitative estimate of drug-likeness (QED) is 0.324. The first kappa shape index (κ1) is 10.4. The predicted molar refractivity (Wildman–Crippen MR) is 66.6 cm³/mol. The molecule has 0 heterocycles. The van der Waals surface area contributed by atoms with E-state index in [0.29, 0.717) is 0 Å². The van der Waals surface area contributed by atoms with Gasteiger partial charge in [-0.15, -0.1) is 0 Å². The van der Waals surface area contributed by atoms with Crippen molar-refractivity contribution < 1.29 is 4.74 Å². The van der Waals surface area contributed by atoms with Gasteiger partial charge in [-0.3, -0.25) is 0 Å². The van der Waals surface area contributed by atoms with Crippen molar-refractivity contribution in [2.45, 2.75) is 0 Å². The van der Waals surface area contributed by atoms with Gasteiger partial charge < -0.3 is 5.21 Å². The van der Waals surface area contributed by atoms with E-state index in [9.17, 15) is 5.21 Å². The van der Waals surface area contributed by atoms with Crippen molar-refractivity contribution in [3.8, 4) is 11.1 Å². The second-order valence-corrected chi connectivity index (χ2v) is 3.66. The average Bonchev–Trinajstić information content (AvgIpc) is 2.30. The lowest BCUT2D eigenvalue weighted by molar-refractivity contribution is -0.416. The van der Waals surface area contributed by atoms with Crippen LogP contribution in [0.1, 0.15) is 5.56 Å². The van der Waals surface area contributed by atoms with Crippen molar-refractivity contribution in [2.75, 3.05) is 7.05 Å². The van der Waals surface area contributed by atoms with E-state index in [1.54, 1.807) is 6.21 Å². The van der Waals surface area contributed by atoms with Gasteiger partial charge >= 0.3 is 0 Å². The predicted octanol–water partition coefficient (Wildman–Crippen LogP) is 2.91. The number of rotatable bonds is 2. The third kappa shape index (κ3) is 2.48. The first-order valence-electron chi connectivity index (χ1n) is 5.16. The maximum atomic E-state index is 10.8. The third-order valence-electron chi connectivity index (χ3n) is 2.35. The highest BCUT2D eigenvalue weighted by atomic mass is 16.5. The lowest BCUT2D eigenvalue weighted by Gasteiger charge is -2.01. The molecule has 0 amide bonds. The molecule has 80 valence electrons. The monoisotopic (exact) mass is 211 g/mol. The summed E-state index contributed by atoms with van der Waals surface area (Å²) in [6.45, 7) is 0. The summed E-state index contributed by atoms with van der Waals surface area (Å²) in [5.74, 6) is 0. The van der Waals surface area contributed by atoms with Crippen molar-refractivity contribution >= 4 is 6.21 Å². The highest BCUT2D eigenvalue weighted by Gasteiger charge is 1.97. The zero-order valence-electron chi connectivity index (χ0n) is 9.13. The molecule has 0 fully saturated rings. The fraction of sp³-hybridized carbons (Fsp3) is 0.0714. The molecule has 2 rings (SSSR count). The molecule has 0 saturated carbocycles. The minimum Gasteiger partial charge on any atom is -0.624 e. The van der Waals surface area contributed by atoms with Crippen LogP contribution in [0.4, 0.5) is 0 Å². The van der Waals surface area contributed by atoms with Gasteiger partial charge in [0, 0.05) is 5.56 Å². The van der Waals surface area contributed by atoms with E-state index < -0.39 is 0 Å². The molecule has 0 radical (unpaired) electrons. The number of hydrogen-bond donors (Lipinski definition) is 0. The molecule has 0 atom stereocenters. The maximum Gasteiger partial charge on any atom is 0.181 e. The van der Waals surface area contributed by atoms with Gasteiger partial charge in [0.05, 0.1) is 0 Å². The Labute approximate surface area is 95.1 Å². The van der Waals surface area contributed by atoms with E-state index in [0.717, 1.165) is 15.9 Å². The summed E-state index contributed by atoms with van der Waals surface area (Å²) in [7, 11) is 1.48. The number of benzene rings is 2. The first-order valence-corrected chi connectivity index (χ1v) is 5.16. The molecule has 2 heteroatoms.